The number of amides is 2. The van der Waals surface area contributed by atoms with Gasteiger partial charge in [-0.2, -0.15) is 0 Å². The Morgan fingerprint density at radius 2 is 2.00 bits per heavy atom. The Morgan fingerprint density at radius 1 is 1.27 bits per heavy atom. The molecule has 118 valence electrons. The van der Waals surface area contributed by atoms with Gasteiger partial charge in [0, 0.05) is 26.6 Å². The Kier molecular flexibility index (Phi) is 4.14. The van der Waals surface area contributed by atoms with Crippen LogP contribution < -0.4 is 0 Å². The summed E-state index contributed by atoms with van der Waals surface area (Å²) in [5, 5.41) is 0. The van der Waals surface area contributed by atoms with Crippen LogP contribution in [0.1, 0.15) is 37.3 Å². The van der Waals surface area contributed by atoms with Gasteiger partial charge in [0.25, 0.3) is 0 Å². The van der Waals surface area contributed by atoms with Crippen molar-refractivity contribution in [3.05, 3.63) is 35.6 Å². The second kappa shape index (κ2) is 6.07. The fraction of sp³-hybridized carbons (Fsp3) is 0.529. The summed E-state index contributed by atoms with van der Waals surface area (Å²) < 4.78 is 13.6. The third-order valence-corrected chi connectivity index (χ3v) is 4.79. The van der Waals surface area contributed by atoms with Gasteiger partial charge in [0.05, 0.1) is 12.0 Å². The van der Waals surface area contributed by atoms with Gasteiger partial charge in [-0.25, -0.2) is 4.39 Å². The fourth-order valence-electron chi connectivity index (χ4n) is 3.62. The molecule has 0 saturated carbocycles. The van der Waals surface area contributed by atoms with E-state index >= 15 is 0 Å². The van der Waals surface area contributed by atoms with Gasteiger partial charge in [-0.3, -0.25) is 9.59 Å². The summed E-state index contributed by atoms with van der Waals surface area (Å²) in [5.41, 5.74) is 0.702. The molecule has 2 heterocycles. The highest BCUT2D eigenvalue weighted by Gasteiger charge is 2.41. The van der Waals surface area contributed by atoms with Crippen molar-refractivity contribution < 1.29 is 14.0 Å². The van der Waals surface area contributed by atoms with Gasteiger partial charge in [-0.15, -0.1) is 0 Å². The highest BCUT2D eigenvalue weighted by molar-refractivity contribution is 5.85. The van der Waals surface area contributed by atoms with E-state index in [0.29, 0.717) is 18.4 Å². The largest absolute Gasteiger partial charge is 0.342 e. The van der Waals surface area contributed by atoms with Crippen molar-refractivity contribution in [3.63, 3.8) is 0 Å². The lowest BCUT2D eigenvalue weighted by Gasteiger charge is -2.40. The third-order valence-electron chi connectivity index (χ3n) is 4.79. The van der Waals surface area contributed by atoms with Gasteiger partial charge < -0.3 is 9.80 Å². The van der Waals surface area contributed by atoms with Gasteiger partial charge >= 0.3 is 0 Å². The molecule has 5 heteroatoms. The van der Waals surface area contributed by atoms with E-state index in [1.54, 1.807) is 24.1 Å². The van der Waals surface area contributed by atoms with E-state index in [-0.39, 0.29) is 29.6 Å². The van der Waals surface area contributed by atoms with Crippen molar-refractivity contribution >= 4 is 11.8 Å². The minimum atomic E-state index is -0.370. The van der Waals surface area contributed by atoms with Crippen LogP contribution in [0.5, 0.6) is 0 Å². The van der Waals surface area contributed by atoms with Crippen molar-refractivity contribution in [2.75, 3.05) is 20.1 Å². The van der Waals surface area contributed by atoms with Crippen molar-refractivity contribution in [2.45, 2.75) is 31.7 Å². The Bertz CT molecular complexity index is 584. The Labute approximate surface area is 129 Å². The van der Waals surface area contributed by atoms with E-state index in [2.05, 4.69) is 0 Å². The van der Waals surface area contributed by atoms with Gasteiger partial charge in [0.2, 0.25) is 11.8 Å². The number of carbonyl (C=O) groups excluding carboxylic acids is 2. The summed E-state index contributed by atoms with van der Waals surface area (Å²) in [4.78, 5) is 28.4. The molecule has 0 bridgehead atoms. The van der Waals surface area contributed by atoms with E-state index < -0.39 is 0 Å². The van der Waals surface area contributed by atoms with Gasteiger partial charge in [-0.05, 0) is 37.0 Å². The molecule has 0 spiro atoms. The number of hydrogen-bond acceptors (Lipinski definition) is 2. The van der Waals surface area contributed by atoms with Crippen LogP contribution in [0.3, 0.4) is 0 Å². The molecule has 4 nitrogen and oxygen atoms in total. The molecule has 2 saturated heterocycles. The first-order valence-electron chi connectivity index (χ1n) is 7.88. The molecule has 3 rings (SSSR count). The molecule has 2 aliphatic heterocycles. The number of piperidine rings is 1. The second-order valence-electron chi connectivity index (χ2n) is 6.18. The molecule has 22 heavy (non-hydrogen) atoms. The average molecular weight is 304 g/mol. The van der Waals surface area contributed by atoms with E-state index in [9.17, 15) is 14.0 Å². The molecule has 0 radical (unpaired) electrons. The smallest absolute Gasteiger partial charge is 0.228 e. The predicted octanol–water partition coefficient (Wildman–Crippen LogP) is 2.36. The first-order chi connectivity index (χ1) is 10.6. The zero-order valence-corrected chi connectivity index (χ0v) is 12.8. The van der Waals surface area contributed by atoms with Gasteiger partial charge in [0.1, 0.15) is 5.82 Å². The van der Waals surface area contributed by atoms with Crippen molar-refractivity contribution in [3.8, 4) is 0 Å². The molecule has 2 amide bonds. The topological polar surface area (TPSA) is 40.6 Å². The standard InChI is InChI=1S/C17H21FN2O2/c1-19-15(21)8-7-14(17(22)20-9-2-3-10-20)16(19)12-5-4-6-13(18)11-12/h4-6,11,14,16H,2-3,7-10H2,1H3/t14-,16+/m0/s1. The molecule has 1 aromatic carbocycles. The summed E-state index contributed by atoms with van der Waals surface area (Å²) in [5.74, 6) is -0.496. The summed E-state index contributed by atoms with van der Waals surface area (Å²) >= 11 is 0. The molecule has 2 atom stereocenters. The van der Waals surface area contributed by atoms with Crippen molar-refractivity contribution in [2.24, 2.45) is 5.92 Å². The van der Waals surface area contributed by atoms with Crippen LogP contribution in [-0.2, 0) is 9.59 Å². The number of likely N-dealkylation sites (tertiary alicyclic amines) is 2. The minimum absolute atomic E-state index is 0.0136. The zero-order valence-electron chi connectivity index (χ0n) is 12.8. The molecular weight excluding hydrogens is 283 g/mol. The van der Waals surface area contributed by atoms with E-state index in [4.69, 9.17) is 0 Å². The molecule has 1 aromatic rings. The maximum Gasteiger partial charge on any atom is 0.228 e. The SMILES string of the molecule is CN1C(=O)CC[C@H](C(=O)N2CCCC2)[C@H]1c1cccc(F)c1. The van der Waals surface area contributed by atoms with Crippen LogP contribution >= 0.6 is 0 Å². The molecule has 2 fully saturated rings. The molecule has 0 aromatic heterocycles. The molecule has 0 unspecified atom stereocenters. The first-order valence-corrected chi connectivity index (χ1v) is 7.88. The van der Waals surface area contributed by atoms with Gasteiger partial charge in [0.15, 0.2) is 0 Å². The molecule has 0 N–H and O–H groups in total. The number of benzene rings is 1. The summed E-state index contributed by atoms with van der Waals surface area (Å²) in [6, 6.07) is 5.88. The number of halogens is 1. The Balaban J connectivity index is 1.92. The maximum atomic E-state index is 13.6. The van der Waals surface area contributed by atoms with E-state index in [1.165, 1.54) is 12.1 Å². The number of rotatable bonds is 2. The lowest BCUT2D eigenvalue weighted by molar-refractivity contribution is -0.146. The number of hydrogen-bond donors (Lipinski definition) is 0. The highest BCUT2D eigenvalue weighted by Crippen LogP contribution is 2.37. The third kappa shape index (κ3) is 2.72. The summed E-state index contributed by atoms with van der Waals surface area (Å²) in [6.07, 6.45) is 3.00. The zero-order chi connectivity index (χ0) is 15.7. The van der Waals surface area contributed by atoms with Crippen LogP contribution in [0.15, 0.2) is 24.3 Å². The Morgan fingerprint density at radius 3 is 2.68 bits per heavy atom. The molecular formula is C17H21FN2O2. The summed E-state index contributed by atoms with van der Waals surface area (Å²) in [7, 11) is 1.71. The monoisotopic (exact) mass is 304 g/mol. The van der Waals surface area contributed by atoms with Crippen molar-refractivity contribution in [1.82, 2.24) is 9.80 Å². The lowest BCUT2D eigenvalue weighted by atomic mass is 9.83. The highest BCUT2D eigenvalue weighted by atomic mass is 19.1. The van der Waals surface area contributed by atoms with Crippen LogP contribution in [0, 0.1) is 11.7 Å². The van der Waals surface area contributed by atoms with Crippen molar-refractivity contribution in [1.29, 1.82) is 0 Å². The maximum absolute atomic E-state index is 13.6. The van der Waals surface area contributed by atoms with E-state index in [1.807, 2.05) is 4.90 Å². The number of carbonyl (C=O) groups is 2. The predicted molar refractivity (Wildman–Crippen MR) is 80.4 cm³/mol. The lowest BCUT2D eigenvalue weighted by Crippen LogP contribution is -2.47. The van der Waals surface area contributed by atoms with Crippen LogP contribution in [0.4, 0.5) is 4.39 Å². The van der Waals surface area contributed by atoms with Crippen LogP contribution in [0.25, 0.3) is 0 Å². The van der Waals surface area contributed by atoms with Crippen LogP contribution in [-0.4, -0.2) is 41.8 Å². The molecule has 0 aliphatic carbocycles. The minimum Gasteiger partial charge on any atom is -0.342 e. The normalized spacial score (nSPS) is 25.6. The average Bonchev–Trinajstić information content (AvgIpc) is 3.03. The van der Waals surface area contributed by atoms with Crippen LogP contribution in [0.2, 0.25) is 0 Å². The first kappa shape index (κ1) is 15.0. The fourth-order valence-corrected chi connectivity index (χ4v) is 3.62. The van der Waals surface area contributed by atoms with E-state index in [0.717, 1.165) is 25.9 Å². The van der Waals surface area contributed by atoms with Gasteiger partial charge in [-0.1, -0.05) is 12.1 Å². The summed E-state index contributed by atoms with van der Waals surface area (Å²) in [6.45, 7) is 1.59. The second-order valence-corrected chi connectivity index (χ2v) is 6.18. The number of nitrogens with zero attached hydrogens (tertiary/aromatic N) is 2. The quantitative estimate of drug-likeness (QED) is 0.841. The Hall–Kier alpha value is -1.91. The molecule has 2 aliphatic rings.